The maximum atomic E-state index is 5.13. The highest BCUT2D eigenvalue weighted by molar-refractivity contribution is 4.65. The monoisotopic (exact) mass is 173 g/mol. The number of rotatable bonds is 7. The lowest BCUT2D eigenvalue weighted by Crippen LogP contribution is -2.35. The largest absolute Gasteiger partial charge is 0.383 e. The molecule has 12 heavy (non-hydrogen) atoms. The standard InChI is InChI=1S/C10H23NO/c1-5-6-10(8-12-4)11-7-9(2)3/h9-11H,5-8H2,1-4H3. The molecule has 0 fully saturated rings. The average molecular weight is 173 g/mol. The van der Waals surface area contributed by atoms with Gasteiger partial charge in [0.05, 0.1) is 6.61 Å². The first-order valence-electron chi connectivity index (χ1n) is 4.93. The molecular weight excluding hydrogens is 150 g/mol. The van der Waals surface area contributed by atoms with Crippen LogP contribution >= 0.6 is 0 Å². The lowest BCUT2D eigenvalue weighted by atomic mass is 10.1. The van der Waals surface area contributed by atoms with Crippen molar-refractivity contribution in [1.82, 2.24) is 5.32 Å². The molecule has 0 rings (SSSR count). The van der Waals surface area contributed by atoms with Gasteiger partial charge in [0.2, 0.25) is 0 Å². The molecule has 2 heteroatoms. The van der Waals surface area contributed by atoms with Crippen molar-refractivity contribution in [2.75, 3.05) is 20.3 Å². The van der Waals surface area contributed by atoms with Gasteiger partial charge >= 0.3 is 0 Å². The second kappa shape index (κ2) is 7.56. The van der Waals surface area contributed by atoms with Gasteiger partial charge in [-0.25, -0.2) is 0 Å². The molecule has 1 unspecified atom stereocenters. The van der Waals surface area contributed by atoms with E-state index >= 15 is 0 Å². The quantitative estimate of drug-likeness (QED) is 0.636. The van der Waals surface area contributed by atoms with Crippen LogP contribution in [0.5, 0.6) is 0 Å². The van der Waals surface area contributed by atoms with Crippen molar-refractivity contribution >= 4 is 0 Å². The zero-order valence-corrected chi connectivity index (χ0v) is 8.89. The second-order valence-corrected chi connectivity index (χ2v) is 3.74. The van der Waals surface area contributed by atoms with Crippen LogP contribution in [0.15, 0.2) is 0 Å². The fourth-order valence-corrected chi connectivity index (χ4v) is 1.20. The normalized spacial score (nSPS) is 13.8. The molecule has 0 heterocycles. The third-order valence-electron chi connectivity index (χ3n) is 1.82. The Labute approximate surface area is 76.7 Å². The van der Waals surface area contributed by atoms with Crippen LogP contribution < -0.4 is 5.32 Å². The van der Waals surface area contributed by atoms with Crippen LogP contribution in [0.1, 0.15) is 33.6 Å². The van der Waals surface area contributed by atoms with Gasteiger partial charge < -0.3 is 10.1 Å². The molecule has 2 nitrogen and oxygen atoms in total. The van der Waals surface area contributed by atoms with E-state index in [9.17, 15) is 0 Å². The SMILES string of the molecule is CCCC(COC)NCC(C)C. The summed E-state index contributed by atoms with van der Waals surface area (Å²) in [6.45, 7) is 8.58. The van der Waals surface area contributed by atoms with Crippen LogP contribution in [-0.2, 0) is 4.74 Å². The molecule has 1 atom stereocenters. The summed E-state index contributed by atoms with van der Waals surface area (Å²) in [6, 6.07) is 0.544. The van der Waals surface area contributed by atoms with Gasteiger partial charge in [-0.15, -0.1) is 0 Å². The summed E-state index contributed by atoms with van der Waals surface area (Å²) in [5.41, 5.74) is 0. The van der Waals surface area contributed by atoms with Crippen LogP contribution in [0.25, 0.3) is 0 Å². The van der Waals surface area contributed by atoms with Crippen LogP contribution in [-0.4, -0.2) is 26.3 Å². The van der Waals surface area contributed by atoms with Gasteiger partial charge in [-0.1, -0.05) is 27.2 Å². The smallest absolute Gasteiger partial charge is 0.0615 e. The van der Waals surface area contributed by atoms with E-state index in [0.717, 1.165) is 19.1 Å². The van der Waals surface area contributed by atoms with Gasteiger partial charge in [-0.05, 0) is 18.9 Å². The first kappa shape index (κ1) is 11.9. The Morgan fingerprint density at radius 1 is 1.33 bits per heavy atom. The molecule has 0 aromatic carbocycles. The van der Waals surface area contributed by atoms with E-state index in [0.29, 0.717) is 6.04 Å². The van der Waals surface area contributed by atoms with Crippen LogP contribution in [0, 0.1) is 5.92 Å². The van der Waals surface area contributed by atoms with E-state index in [2.05, 4.69) is 26.1 Å². The summed E-state index contributed by atoms with van der Waals surface area (Å²) in [5.74, 6) is 0.723. The lowest BCUT2D eigenvalue weighted by Gasteiger charge is -2.18. The van der Waals surface area contributed by atoms with Gasteiger partial charge in [0, 0.05) is 13.2 Å². The highest BCUT2D eigenvalue weighted by atomic mass is 16.5. The Bertz CT molecular complexity index is 87.8. The molecule has 0 bridgehead atoms. The second-order valence-electron chi connectivity index (χ2n) is 3.74. The molecule has 0 saturated carbocycles. The maximum absolute atomic E-state index is 5.13. The van der Waals surface area contributed by atoms with Gasteiger partial charge in [-0.2, -0.15) is 0 Å². The Balaban J connectivity index is 3.48. The molecule has 0 aromatic heterocycles. The highest BCUT2D eigenvalue weighted by Gasteiger charge is 2.06. The molecule has 0 aliphatic heterocycles. The first-order chi connectivity index (χ1) is 5.70. The van der Waals surface area contributed by atoms with Gasteiger partial charge in [0.25, 0.3) is 0 Å². The minimum Gasteiger partial charge on any atom is -0.383 e. The topological polar surface area (TPSA) is 21.3 Å². The number of hydrogen-bond acceptors (Lipinski definition) is 2. The zero-order chi connectivity index (χ0) is 9.40. The van der Waals surface area contributed by atoms with Crippen LogP contribution in [0.4, 0.5) is 0 Å². The summed E-state index contributed by atoms with van der Waals surface area (Å²) < 4.78 is 5.13. The molecule has 1 N–H and O–H groups in total. The molecule has 74 valence electrons. The number of hydrogen-bond donors (Lipinski definition) is 1. The third-order valence-corrected chi connectivity index (χ3v) is 1.82. The zero-order valence-electron chi connectivity index (χ0n) is 8.89. The predicted octanol–water partition coefficient (Wildman–Crippen LogP) is 2.05. The van der Waals surface area contributed by atoms with Crippen LogP contribution in [0.2, 0.25) is 0 Å². The molecule has 0 aliphatic carbocycles. The minimum atomic E-state index is 0.544. The Kier molecular flexibility index (Phi) is 7.51. The highest BCUT2D eigenvalue weighted by Crippen LogP contribution is 1.98. The summed E-state index contributed by atoms with van der Waals surface area (Å²) in [4.78, 5) is 0. The maximum Gasteiger partial charge on any atom is 0.0615 e. The van der Waals surface area contributed by atoms with Crippen molar-refractivity contribution in [3.8, 4) is 0 Å². The van der Waals surface area contributed by atoms with Gasteiger partial charge in [-0.3, -0.25) is 0 Å². The molecule has 0 spiro atoms. The first-order valence-corrected chi connectivity index (χ1v) is 4.93. The molecular formula is C10H23NO. The van der Waals surface area contributed by atoms with Crippen molar-refractivity contribution < 1.29 is 4.74 Å². The summed E-state index contributed by atoms with van der Waals surface area (Å²) in [6.07, 6.45) is 2.43. The Hall–Kier alpha value is -0.0800. The van der Waals surface area contributed by atoms with Crippen molar-refractivity contribution in [2.45, 2.75) is 39.7 Å². The van der Waals surface area contributed by atoms with Gasteiger partial charge in [0.15, 0.2) is 0 Å². The molecule has 0 aromatic rings. The minimum absolute atomic E-state index is 0.544. The molecule has 0 aliphatic rings. The Morgan fingerprint density at radius 3 is 2.42 bits per heavy atom. The molecule has 0 amide bonds. The number of nitrogens with one attached hydrogen (secondary N) is 1. The van der Waals surface area contributed by atoms with Crippen molar-refractivity contribution in [3.63, 3.8) is 0 Å². The van der Waals surface area contributed by atoms with Crippen molar-refractivity contribution in [3.05, 3.63) is 0 Å². The van der Waals surface area contributed by atoms with E-state index in [4.69, 9.17) is 4.74 Å². The van der Waals surface area contributed by atoms with E-state index in [1.807, 2.05) is 0 Å². The van der Waals surface area contributed by atoms with E-state index < -0.39 is 0 Å². The van der Waals surface area contributed by atoms with Crippen molar-refractivity contribution in [1.29, 1.82) is 0 Å². The van der Waals surface area contributed by atoms with Gasteiger partial charge in [0.1, 0.15) is 0 Å². The number of ether oxygens (including phenoxy) is 1. The fourth-order valence-electron chi connectivity index (χ4n) is 1.20. The van der Waals surface area contributed by atoms with Crippen molar-refractivity contribution in [2.24, 2.45) is 5.92 Å². The summed E-state index contributed by atoms with van der Waals surface area (Å²) in [7, 11) is 1.76. The molecule has 0 saturated heterocycles. The van der Waals surface area contributed by atoms with E-state index in [-0.39, 0.29) is 0 Å². The van der Waals surface area contributed by atoms with Crippen LogP contribution in [0.3, 0.4) is 0 Å². The lowest BCUT2D eigenvalue weighted by molar-refractivity contribution is 0.160. The Morgan fingerprint density at radius 2 is 2.00 bits per heavy atom. The average Bonchev–Trinajstić information content (AvgIpc) is 2.01. The predicted molar refractivity (Wildman–Crippen MR) is 53.4 cm³/mol. The van der Waals surface area contributed by atoms with E-state index in [1.165, 1.54) is 12.8 Å². The summed E-state index contributed by atoms with van der Waals surface area (Å²) in [5, 5.41) is 3.50. The van der Waals surface area contributed by atoms with E-state index in [1.54, 1.807) is 7.11 Å². The third kappa shape index (κ3) is 6.62. The molecule has 0 radical (unpaired) electrons. The summed E-state index contributed by atoms with van der Waals surface area (Å²) >= 11 is 0. The fraction of sp³-hybridized carbons (Fsp3) is 1.00. The number of methoxy groups -OCH3 is 1.